The van der Waals surface area contributed by atoms with Gasteiger partial charge in [0, 0.05) is 28.3 Å². The summed E-state index contributed by atoms with van der Waals surface area (Å²) in [6, 6.07) is 71.5. The number of anilines is 3. The first kappa shape index (κ1) is 29.9. The van der Waals surface area contributed by atoms with E-state index < -0.39 is 0 Å². The molecule has 0 spiro atoms. The standard InChI is InChI=1S/C49H33N3/c1-3-13-37(14-4-1)51(40-30-25-35(26-31-40)49-50-47-21-11-12-22-48(47)52(49)38-15-5-2-6-16-38)39-28-23-34(24-29-39)36-27-32-45-43-19-8-7-17-41(43)42-18-9-10-20-44(42)46(45)33-36/h1-33H. The van der Waals surface area contributed by atoms with Gasteiger partial charge >= 0.3 is 0 Å². The maximum Gasteiger partial charge on any atom is 0.145 e. The Morgan fingerprint density at radius 1 is 0.346 bits per heavy atom. The molecule has 3 heteroatoms. The van der Waals surface area contributed by atoms with Gasteiger partial charge in [-0.2, -0.15) is 0 Å². The summed E-state index contributed by atoms with van der Waals surface area (Å²) in [5.41, 5.74) is 9.88. The molecule has 0 bridgehead atoms. The third kappa shape index (κ3) is 5.02. The van der Waals surface area contributed by atoms with Crippen molar-refractivity contribution in [2.45, 2.75) is 0 Å². The maximum absolute atomic E-state index is 5.09. The highest BCUT2D eigenvalue weighted by Crippen LogP contribution is 2.40. The molecule has 0 unspecified atom stereocenters. The number of benzene rings is 9. The fraction of sp³-hybridized carbons (Fsp3) is 0. The fourth-order valence-electron chi connectivity index (χ4n) is 7.73. The largest absolute Gasteiger partial charge is 0.311 e. The van der Waals surface area contributed by atoms with Crippen LogP contribution in [0.5, 0.6) is 0 Å². The zero-order chi connectivity index (χ0) is 34.4. The predicted molar refractivity (Wildman–Crippen MR) is 219 cm³/mol. The van der Waals surface area contributed by atoms with Gasteiger partial charge in [0.1, 0.15) is 5.82 Å². The average molecular weight is 664 g/mol. The van der Waals surface area contributed by atoms with Gasteiger partial charge in [-0.25, -0.2) is 4.98 Å². The summed E-state index contributed by atoms with van der Waals surface area (Å²) in [6.45, 7) is 0. The number of imidazole rings is 1. The summed E-state index contributed by atoms with van der Waals surface area (Å²) >= 11 is 0. The molecular weight excluding hydrogens is 631 g/mol. The van der Waals surface area contributed by atoms with E-state index in [1.165, 1.54) is 43.4 Å². The van der Waals surface area contributed by atoms with Crippen LogP contribution < -0.4 is 4.90 Å². The third-order valence-electron chi connectivity index (χ3n) is 10.2. The molecule has 52 heavy (non-hydrogen) atoms. The van der Waals surface area contributed by atoms with Crippen molar-refractivity contribution in [3.05, 3.63) is 200 Å². The van der Waals surface area contributed by atoms with Crippen molar-refractivity contribution in [1.29, 1.82) is 0 Å². The molecular formula is C49H33N3. The van der Waals surface area contributed by atoms with Crippen molar-refractivity contribution < 1.29 is 0 Å². The number of aromatic nitrogens is 2. The Kier molecular flexibility index (Phi) is 7.14. The third-order valence-corrected chi connectivity index (χ3v) is 10.2. The molecule has 1 aromatic heterocycles. The molecule has 10 aromatic rings. The number of fused-ring (bicyclic) bond motifs is 7. The molecule has 9 aromatic carbocycles. The molecule has 0 aliphatic carbocycles. The summed E-state index contributed by atoms with van der Waals surface area (Å²) in [5, 5.41) is 7.73. The second-order valence-corrected chi connectivity index (χ2v) is 13.2. The summed E-state index contributed by atoms with van der Waals surface area (Å²) in [5.74, 6) is 0.922. The predicted octanol–water partition coefficient (Wildman–Crippen LogP) is 13.3. The zero-order valence-corrected chi connectivity index (χ0v) is 28.4. The van der Waals surface area contributed by atoms with Crippen molar-refractivity contribution in [3.8, 4) is 28.2 Å². The number of hydrogen-bond donors (Lipinski definition) is 0. The van der Waals surface area contributed by atoms with Crippen LogP contribution in [0.4, 0.5) is 17.1 Å². The smallest absolute Gasteiger partial charge is 0.145 e. The van der Waals surface area contributed by atoms with Gasteiger partial charge in [0.25, 0.3) is 0 Å². The van der Waals surface area contributed by atoms with E-state index in [1.807, 2.05) is 12.1 Å². The highest BCUT2D eigenvalue weighted by atomic mass is 15.1. The Bertz CT molecular complexity index is 2840. The van der Waals surface area contributed by atoms with Gasteiger partial charge in [-0.1, -0.05) is 121 Å². The molecule has 0 aliphatic heterocycles. The van der Waals surface area contributed by atoms with E-state index in [4.69, 9.17) is 4.98 Å². The van der Waals surface area contributed by atoms with Gasteiger partial charge in [0.05, 0.1) is 11.0 Å². The van der Waals surface area contributed by atoms with Gasteiger partial charge in [-0.15, -0.1) is 0 Å². The van der Waals surface area contributed by atoms with Gasteiger partial charge in [0.2, 0.25) is 0 Å². The Labute approximate surface area is 302 Å². The van der Waals surface area contributed by atoms with Crippen LogP contribution in [0.3, 0.4) is 0 Å². The number of hydrogen-bond acceptors (Lipinski definition) is 2. The minimum Gasteiger partial charge on any atom is -0.311 e. The molecule has 1 heterocycles. The van der Waals surface area contributed by atoms with E-state index in [2.05, 4.69) is 198 Å². The van der Waals surface area contributed by atoms with Crippen LogP contribution in [0, 0.1) is 0 Å². The SMILES string of the molecule is c1ccc(N(c2ccc(-c3ccc4c5ccccc5c5ccccc5c4c3)cc2)c2ccc(-c3nc4ccccc4n3-c3ccccc3)cc2)cc1. The first-order valence-corrected chi connectivity index (χ1v) is 17.7. The Morgan fingerprint density at radius 2 is 0.808 bits per heavy atom. The monoisotopic (exact) mass is 663 g/mol. The van der Waals surface area contributed by atoms with Crippen LogP contribution in [-0.2, 0) is 0 Å². The van der Waals surface area contributed by atoms with E-state index in [-0.39, 0.29) is 0 Å². The molecule has 0 atom stereocenters. The van der Waals surface area contributed by atoms with Crippen LogP contribution in [0.15, 0.2) is 200 Å². The van der Waals surface area contributed by atoms with Gasteiger partial charge in [0.15, 0.2) is 0 Å². The second kappa shape index (κ2) is 12.4. The lowest BCUT2D eigenvalue weighted by atomic mass is 9.92. The molecule has 10 rings (SSSR count). The lowest BCUT2D eigenvalue weighted by molar-refractivity contribution is 1.10. The van der Waals surface area contributed by atoms with Crippen molar-refractivity contribution >= 4 is 60.4 Å². The minimum atomic E-state index is 0.922. The highest BCUT2D eigenvalue weighted by Gasteiger charge is 2.17. The molecule has 0 saturated heterocycles. The molecule has 0 radical (unpaired) electrons. The summed E-state index contributed by atoms with van der Waals surface area (Å²) in [6.07, 6.45) is 0. The molecule has 0 aliphatic rings. The fourth-order valence-corrected chi connectivity index (χ4v) is 7.73. The van der Waals surface area contributed by atoms with Crippen LogP contribution in [-0.4, -0.2) is 9.55 Å². The summed E-state index contributed by atoms with van der Waals surface area (Å²) in [4.78, 5) is 7.40. The molecule has 0 amide bonds. The lowest BCUT2D eigenvalue weighted by Crippen LogP contribution is -2.09. The minimum absolute atomic E-state index is 0.922. The average Bonchev–Trinajstić information content (AvgIpc) is 3.62. The van der Waals surface area contributed by atoms with E-state index in [9.17, 15) is 0 Å². The Morgan fingerprint density at radius 3 is 1.44 bits per heavy atom. The number of rotatable bonds is 6. The van der Waals surface area contributed by atoms with E-state index in [0.717, 1.165) is 45.2 Å². The van der Waals surface area contributed by atoms with Crippen molar-refractivity contribution in [2.75, 3.05) is 4.90 Å². The second-order valence-electron chi connectivity index (χ2n) is 13.2. The van der Waals surface area contributed by atoms with Crippen LogP contribution in [0.1, 0.15) is 0 Å². The van der Waals surface area contributed by atoms with Gasteiger partial charge in [-0.3, -0.25) is 4.57 Å². The first-order chi connectivity index (χ1) is 25.8. The summed E-state index contributed by atoms with van der Waals surface area (Å²) in [7, 11) is 0. The van der Waals surface area contributed by atoms with Crippen LogP contribution >= 0.6 is 0 Å². The van der Waals surface area contributed by atoms with E-state index >= 15 is 0 Å². The summed E-state index contributed by atoms with van der Waals surface area (Å²) < 4.78 is 2.25. The Balaban J connectivity index is 1.04. The lowest BCUT2D eigenvalue weighted by Gasteiger charge is -2.26. The quantitative estimate of drug-likeness (QED) is 0.165. The van der Waals surface area contributed by atoms with Gasteiger partial charge < -0.3 is 4.90 Å². The number of para-hydroxylation sites is 4. The normalized spacial score (nSPS) is 11.5. The van der Waals surface area contributed by atoms with Crippen molar-refractivity contribution in [2.24, 2.45) is 0 Å². The number of nitrogens with zero attached hydrogens (tertiary/aromatic N) is 3. The van der Waals surface area contributed by atoms with E-state index in [1.54, 1.807) is 0 Å². The molecule has 3 nitrogen and oxygen atoms in total. The van der Waals surface area contributed by atoms with Crippen molar-refractivity contribution in [1.82, 2.24) is 9.55 Å². The van der Waals surface area contributed by atoms with Gasteiger partial charge in [-0.05, 0) is 122 Å². The molecule has 244 valence electrons. The molecule has 0 N–H and O–H groups in total. The highest BCUT2D eigenvalue weighted by molar-refractivity contribution is 6.25. The molecule has 0 saturated carbocycles. The van der Waals surface area contributed by atoms with Crippen LogP contribution in [0.2, 0.25) is 0 Å². The maximum atomic E-state index is 5.09. The topological polar surface area (TPSA) is 21.1 Å². The first-order valence-electron chi connectivity index (χ1n) is 17.7. The zero-order valence-electron chi connectivity index (χ0n) is 28.4. The molecule has 0 fully saturated rings. The Hall–Kier alpha value is -6.97. The van der Waals surface area contributed by atoms with E-state index in [0.29, 0.717) is 0 Å². The van der Waals surface area contributed by atoms with Crippen molar-refractivity contribution in [3.63, 3.8) is 0 Å². The van der Waals surface area contributed by atoms with Crippen LogP contribution in [0.25, 0.3) is 71.6 Å².